The van der Waals surface area contributed by atoms with Crippen LogP contribution < -0.4 is 5.32 Å². The summed E-state index contributed by atoms with van der Waals surface area (Å²) in [6.07, 6.45) is 8.11. The quantitative estimate of drug-likeness (QED) is 0.493. The van der Waals surface area contributed by atoms with E-state index in [-0.39, 0.29) is 0 Å². The number of hydrogen-bond donors (Lipinski definition) is 1. The molecule has 0 unspecified atom stereocenters. The molecule has 0 atom stereocenters. The van der Waals surface area contributed by atoms with Gasteiger partial charge in [0, 0.05) is 37.0 Å². The Balaban J connectivity index is 1.28. The van der Waals surface area contributed by atoms with Crippen LogP contribution >= 0.6 is 0 Å². The van der Waals surface area contributed by atoms with Gasteiger partial charge in [-0.05, 0) is 43.1 Å². The lowest BCUT2D eigenvalue weighted by atomic mass is 10.0. The van der Waals surface area contributed by atoms with Crippen LogP contribution in [0.4, 0.5) is 0 Å². The first-order valence-electron chi connectivity index (χ1n) is 12.2. The van der Waals surface area contributed by atoms with Crippen molar-refractivity contribution in [2.45, 2.75) is 25.4 Å². The van der Waals surface area contributed by atoms with Crippen LogP contribution in [0.25, 0.3) is 33.4 Å². The Bertz CT molecular complexity index is 1260. The number of aromatic nitrogens is 4. The molecule has 0 bridgehead atoms. The van der Waals surface area contributed by atoms with Crippen molar-refractivity contribution in [1.82, 2.24) is 30.0 Å². The number of rotatable bonds is 5. The highest BCUT2D eigenvalue weighted by Gasteiger charge is 2.17. The maximum Gasteiger partial charge on any atom is 0.0972 e. The van der Waals surface area contributed by atoms with Gasteiger partial charge >= 0.3 is 0 Å². The summed E-state index contributed by atoms with van der Waals surface area (Å²) in [5, 5.41) is 8.06. The van der Waals surface area contributed by atoms with E-state index in [0.29, 0.717) is 6.04 Å². The number of nitrogens with zero attached hydrogens (tertiary/aromatic N) is 5. The molecule has 7 nitrogen and oxygen atoms in total. The normalized spacial score (nSPS) is 17.9. The van der Waals surface area contributed by atoms with Gasteiger partial charge in [0.2, 0.25) is 0 Å². The van der Waals surface area contributed by atoms with Crippen molar-refractivity contribution < 1.29 is 4.74 Å². The minimum atomic E-state index is 0.454. The molecule has 0 spiro atoms. The van der Waals surface area contributed by atoms with Gasteiger partial charge in [-0.25, -0.2) is 4.98 Å². The summed E-state index contributed by atoms with van der Waals surface area (Å²) in [5.74, 6) is 0. The van der Waals surface area contributed by atoms with Crippen LogP contribution in [0.3, 0.4) is 0 Å². The summed E-state index contributed by atoms with van der Waals surface area (Å²) in [6.45, 7) is 6.70. The van der Waals surface area contributed by atoms with Crippen molar-refractivity contribution in [3.8, 4) is 22.4 Å². The van der Waals surface area contributed by atoms with Gasteiger partial charge in [0.15, 0.2) is 0 Å². The number of fused-ring (bicyclic) bond motifs is 1. The Hall–Kier alpha value is -3.13. The first-order chi connectivity index (χ1) is 16.8. The number of piperidine rings is 1. The molecule has 6 rings (SSSR count). The Morgan fingerprint density at radius 1 is 0.941 bits per heavy atom. The van der Waals surface area contributed by atoms with Gasteiger partial charge in [-0.15, -0.1) is 0 Å². The van der Waals surface area contributed by atoms with E-state index in [1.54, 1.807) is 0 Å². The SMILES string of the molecule is c1cc(-c2ccc(CN3CCOCC3)cc2)c2nc(-c3cnn(C4CCNCC4)c3)cnc2c1. The van der Waals surface area contributed by atoms with Crippen LogP contribution in [0, 0.1) is 0 Å². The summed E-state index contributed by atoms with van der Waals surface area (Å²) in [7, 11) is 0. The van der Waals surface area contributed by atoms with Gasteiger partial charge in [-0.2, -0.15) is 5.10 Å². The highest BCUT2D eigenvalue weighted by molar-refractivity contribution is 5.92. The molecule has 2 aliphatic heterocycles. The molecule has 2 saturated heterocycles. The zero-order chi connectivity index (χ0) is 22.7. The van der Waals surface area contributed by atoms with E-state index in [2.05, 4.69) is 62.6 Å². The van der Waals surface area contributed by atoms with E-state index in [0.717, 1.165) is 92.2 Å². The molecule has 0 radical (unpaired) electrons. The Morgan fingerprint density at radius 3 is 2.59 bits per heavy atom. The maximum absolute atomic E-state index is 5.47. The average molecular weight is 455 g/mol. The van der Waals surface area contributed by atoms with Crippen molar-refractivity contribution in [2.24, 2.45) is 0 Å². The first kappa shape index (κ1) is 21.4. The molecule has 2 aromatic heterocycles. The lowest BCUT2D eigenvalue weighted by molar-refractivity contribution is 0.0342. The van der Waals surface area contributed by atoms with E-state index < -0.39 is 0 Å². The van der Waals surface area contributed by atoms with Gasteiger partial charge in [-0.3, -0.25) is 14.6 Å². The standard InChI is InChI=1S/C27H30N6O/c1-2-24(21-6-4-20(5-7-21)18-32-12-14-34-15-13-32)27-25(3-1)29-17-26(31-27)22-16-30-33(19-22)23-8-10-28-11-9-23/h1-7,16-17,19,23,28H,8-15,18H2. The minimum absolute atomic E-state index is 0.454. The summed E-state index contributed by atoms with van der Waals surface area (Å²) in [6, 6.07) is 15.5. The summed E-state index contributed by atoms with van der Waals surface area (Å²) >= 11 is 0. The van der Waals surface area contributed by atoms with Crippen molar-refractivity contribution in [3.05, 3.63) is 66.6 Å². The van der Waals surface area contributed by atoms with Crippen LogP contribution in [0.1, 0.15) is 24.4 Å². The molecule has 34 heavy (non-hydrogen) atoms. The maximum atomic E-state index is 5.47. The fourth-order valence-corrected chi connectivity index (χ4v) is 4.95. The first-order valence-corrected chi connectivity index (χ1v) is 12.2. The van der Waals surface area contributed by atoms with Crippen LogP contribution in [0.2, 0.25) is 0 Å². The van der Waals surface area contributed by atoms with Crippen LogP contribution in [-0.4, -0.2) is 64.0 Å². The molecule has 2 aromatic carbocycles. The van der Waals surface area contributed by atoms with Gasteiger partial charge in [0.25, 0.3) is 0 Å². The van der Waals surface area contributed by atoms with Crippen molar-refractivity contribution >= 4 is 11.0 Å². The number of nitrogens with one attached hydrogen (secondary N) is 1. The van der Waals surface area contributed by atoms with E-state index in [9.17, 15) is 0 Å². The molecule has 4 heterocycles. The zero-order valence-electron chi connectivity index (χ0n) is 19.4. The monoisotopic (exact) mass is 454 g/mol. The minimum Gasteiger partial charge on any atom is -0.379 e. The lowest BCUT2D eigenvalue weighted by Gasteiger charge is -2.26. The molecular formula is C27H30N6O. The molecule has 0 saturated carbocycles. The largest absolute Gasteiger partial charge is 0.379 e. The molecule has 174 valence electrons. The summed E-state index contributed by atoms with van der Waals surface area (Å²) in [5.41, 5.74) is 7.30. The second-order valence-electron chi connectivity index (χ2n) is 9.20. The summed E-state index contributed by atoms with van der Waals surface area (Å²) in [4.78, 5) is 12.2. The van der Waals surface area contributed by atoms with Gasteiger partial charge in [0.05, 0.1) is 48.4 Å². The van der Waals surface area contributed by atoms with E-state index in [4.69, 9.17) is 14.7 Å². The third kappa shape index (κ3) is 4.46. The smallest absolute Gasteiger partial charge is 0.0972 e. The number of hydrogen-bond acceptors (Lipinski definition) is 6. The van der Waals surface area contributed by atoms with Crippen molar-refractivity contribution in [1.29, 1.82) is 0 Å². The third-order valence-electron chi connectivity index (χ3n) is 6.93. The second kappa shape index (κ2) is 9.62. The van der Waals surface area contributed by atoms with E-state index >= 15 is 0 Å². The van der Waals surface area contributed by atoms with Crippen LogP contribution in [-0.2, 0) is 11.3 Å². The number of ether oxygens (including phenoxy) is 1. The van der Waals surface area contributed by atoms with Gasteiger partial charge in [-0.1, -0.05) is 36.4 Å². The topological polar surface area (TPSA) is 68.1 Å². The molecule has 2 fully saturated rings. The molecule has 7 heteroatoms. The van der Waals surface area contributed by atoms with E-state index in [1.807, 2.05) is 18.5 Å². The number of para-hydroxylation sites is 1. The van der Waals surface area contributed by atoms with Gasteiger partial charge < -0.3 is 10.1 Å². The predicted molar refractivity (Wildman–Crippen MR) is 133 cm³/mol. The Kier molecular flexibility index (Phi) is 6.06. The molecule has 0 amide bonds. The van der Waals surface area contributed by atoms with Crippen LogP contribution in [0.5, 0.6) is 0 Å². The van der Waals surface area contributed by atoms with E-state index in [1.165, 1.54) is 5.56 Å². The highest BCUT2D eigenvalue weighted by Crippen LogP contribution is 2.29. The molecule has 4 aromatic rings. The third-order valence-corrected chi connectivity index (χ3v) is 6.93. The Labute approximate surface area is 199 Å². The average Bonchev–Trinajstić information content (AvgIpc) is 3.40. The van der Waals surface area contributed by atoms with Gasteiger partial charge in [0.1, 0.15) is 0 Å². The molecule has 2 aliphatic rings. The Morgan fingerprint density at radius 2 is 1.76 bits per heavy atom. The lowest BCUT2D eigenvalue weighted by Crippen LogP contribution is -2.35. The fraction of sp³-hybridized carbons (Fsp3) is 0.370. The predicted octanol–water partition coefficient (Wildman–Crippen LogP) is 3.92. The number of morpholine rings is 1. The summed E-state index contributed by atoms with van der Waals surface area (Å²) < 4.78 is 7.56. The second-order valence-corrected chi connectivity index (χ2v) is 9.20. The fourth-order valence-electron chi connectivity index (χ4n) is 4.95. The molecule has 0 aliphatic carbocycles. The zero-order valence-corrected chi connectivity index (χ0v) is 19.4. The van der Waals surface area contributed by atoms with Crippen molar-refractivity contribution in [2.75, 3.05) is 39.4 Å². The van der Waals surface area contributed by atoms with Crippen LogP contribution in [0.15, 0.2) is 61.1 Å². The molecule has 1 N–H and O–H groups in total. The molecular weight excluding hydrogens is 424 g/mol. The van der Waals surface area contributed by atoms with Crippen molar-refractivity contribution in [3.63, 3.8) is 0 Å². The number of benzene rings is 2. The highest BCUT2D eigenvalue weighted by atomic mass is 16.5.